The van der Waals surface area contributed by atoms with E-state index in [0.29, 0.717) is 6.54 Å². The van der Waals surface area contributed by atoms with Crippen LogP contribution in [0.4, 0.5) is 22.2 Å². The van der Waals surface area contributed by atoms with Crippen molar-refractivity contribution in [2.75, 3.05) is 23.3 Å². The van der Waals surface area contributed by atoms with Crippen LogP contribution < -0.4 is 22.1 Å². The molecule has 2 amide bonds. The lowest BCUT2D eigenvalue weighted by atomic mass is 10.2. The number of nitrogens with two attached hydrogens (primary N) is 2. The zero-order valence-electron chi connectivity index (χ0n) is 15.1. The van der Waals surface area contributed by atoms with E-state index in [1.54, 1.807) is 12.1 Å². The van der Waals surface area contributed by atoms with Crippen LogP contribution in [0, 0.1) is 6.92 Å². The number of rotatable bonds is 5. The molecule has 0 saturated heterocycles. The zero-order valence-corrected chi connectivity index (χ0v) is 15.9. The standard InChI is InChI=1S/C10H15N5O3.C7H8ClN/c1-2-3-4-12-10(18)15-9-13-5-6(8(16)17)7(11)14-9;1-5-4-6(8)2-3-7(5)9/h5H,2-4H2,1H3,(H,16,17)(H4,11,12,13,14,15,18);2-4H,9H2,1H3. The smallest absolute Gasteiger partial charge is 0.341 e. The van der Waals surface area contributed by atoms with Crippen molar-refractivity contribution in [3.63, 3.8) is 0 Å². The molecule has 0 fully saturated rings. The normalized spacial score (nSPS) is 9.74. The number of unbranched alkanes of at least 4 members (excludes halogenated alkanes) is 1. The number of nitrogens with one attached hydrogen (secondary N) is 2. The van der Waals surface area contributed by atoms with Crippen LogP contribution in [0.3, 0.4) is 0 Å². The van der Waals surface area contributed by atoms with Crippen molar-refractivity contribution in [2.45, 2.75) is 26.7 Å². The predicted molar refractivity (Wildman–Crippen MR) is 106 cm³/mol. The van der Waals surface area contributed by atoms with E-state index in [2.05, 4.69) is 20.6 Å². The Hall–Kier alpha value is -3.07. The van der Waals surface area contributed by atoms with Gasteiger partial charge in [0.05, 0.1) is 0 Å². The van der Waals surface area contributed by atoms with Gasteiger partial charge in [0.15, 0.2) is 0 Å². The molecule has 10 heteroatoms. The van der Waals surface area contributed by atoms with E-state index in [0.717, 1.165) is 35.3 Å². The van der Waals surface area contributed by atoms with Gasteiger partial charge in [-0.2, -0.15) is 4.98 Å². The number of aromatic carboxylic acids is 1. The largest absolute Gasteiger partial charge is 0.477 e. The summed E-state index contributed by atoms with van der Waals surface area (Å²) in [7, 11) is 0. The van der Waals surface area contributed by atoms with Crippen molar-refractivity contribution in [1.82, 2.24) is 15.3 Å². The number of amides is 2. The highest BCUT2D eigenvalue weighted by atomic mass is 35.5. The minimum atomic E-state index is -1.22. The third kappa shape index (κ3) is 7.78. The molecule has 0 aliphatic heterocycles. The molecule has 0 radical (unpaired) electrons. The molecule has 1 heterocycles. The molecule has 0 spiro atoms. The molecular weight excluding hydrogens is 372 g/mol. The fraction of sp³-hybridized carbons (Fsp3) is 0.294. The predicted octanol–water partition coefficient (Wildman–Crippen LogP) is 2.91. The van der Waals surface area contributed by atoms with Gasteiger partial charge < -0.3 is 21.9 Å². The summed E-state index contributed by atoms with van der Waals surface area (Å²) in [5.74, 6) is -1.45. The van der Waals surface area contributed by atoms with Gasteiger partial charge in [-0.05, 0) is 37.1 Å². The molecule has 0 bridgehead atoms. The van der Waals surface area contributed by atoms with Gasteiger partial charge in [0.25, 0.3) is 0 Å². The Morgan fingerprint density at radius 3 is 2.52 bits per heavy atom. The van der Waals surface area contributed by atoms with E-state index in [1.807, 2.05) is 19.9 Å². The van der Waals surface area contributed by atoms with Crippen molar-refractivity contribution in [3.05, 3.63) is 40.5 Å². The Morgan fingerprint density at radius 1 is 1.30 bits per heavy atom. The molecule has 0 aliphatic rings. The van der Waals surface area contributed by atoms with E-state index in [-0.39, 0.29) is 17.3 Å². The number of nitrogen functional groups attached to an aromatic ring is 2. The number of urea groups is 1. The summed E-state index contributed by atoms with van der Waals surface area (Å²) in [6, 6.07) is 4.98. The monoisotopic (exact) mass is 394 g/mol. The average molecular weight is 395 g/mol. The number of nitrogens with zero attached hydrogens (tertiary/aromatic N) is 2. The van der Waals surface area contributed by atoms with Crippen LogP contribution in [0.5, 0.6) is 0 Å². The molecule has 27 heavy (non-hydrogen) atoms. The quantitative estimate of drug-likeness (QED) is 0.385. The number of hydrogen-bond donors (Lipinski definition) is 5. The lowest BCUT2D eigenvalue weighted by Crippen LogP contribution is -2.30. The van der Waals surface area contributed by atoms with Gasteiger partial charge in [-0.1, -0.05) is 24.9 Å². The van der Waals surface area contributed by atoms with Crippen molar-refractivity contribution in [2.24, 2.45) is 0 Å². The maximum Gasteiger partial charge on any atom is 0.341 e. The van der Waals surface area contributed by atoms with Gasteiger partial charge in [-0.3, -0.25) is 5.32 Å². The van der Waals surface area contributed by atoms with Gasteiger partial charge >= 0.3 is 12.0 Å². The third-order valence-corrected chi connectivity index (χ3v) is 3.56. The number of carboxylic acid groups (broad SMARTS) is 1. The summed E-state index contributed by atoms with van der Waals surface area (Å²) in [5, 5.41) is 14.4. The summed E-state index contributed by atoms with van der Waals surface area (Å²) >= 11 is 5.66. The van der Waals surface area contributed by atoms with E-state index in [1.165, 1.54) is 0 Å². The van der Waals surface area contributed by atoms with Gasteiger partial charge in [-0.15, -0.1) is 0 Å². The molecule has 0 atom stereocenters. The Labute approximate surface area is 162 Å². The number of carbonyl (C=O) groups is 2. The number of halogens is 1. The Kier molecular flexibility index (Phi) is 8.80. The van der Waals surface area contributed by atoms with Gasteiger partial charge in [-0.25, -0.2) is 14.6 Å². The first kappa shape index (κ1) is 22.0. The van der Waals surface area contributed by atoms with Crippen molar-refractivity contribution < 1.29 is 14.7 Å². The van der Waals surface area contributed by atoms with Crippen LogP contribution in [0.1, 0.15) is 35.7 Å². The van der Waals surface area contributed by atoms with Crippen LogP contribution in [0.15, 0.2) is 24.4 Å². The number of carboxylic acids is 1. The second-order valence-corrected chi connectivity index (χ2v) is 5.97. The minimum absolute atomic E-state index is 0.0356. The number of hydrogen-bond acceptors (Lipinski definition) is 6. The third-order valence-electron chi connectivity index (χ3n) is 3.32. The zero-order chi connectivity index (χ0) is 20.4. The second-order valence-electron chi connectivity index (χ2n) is 5.53. The van der Waals surface area contributed by atoms with E-state index < -0.39 is 12.0 Å². The van der Waals surface area contributed by atoms with Gasteiger partial charge in [0, 0.05) is 23.5 Å². The number of benzene rings is 1. The maximum absolute atomic E-state index is 11.4. The first-order chi connectivity index (χ1) is 12.7. The molecule has 146 valence electrons. The summed E-state index contributed by atoms with van der Waals surface area (Å²) in [6.07, 6.45) is 2.89. The summed E-state index contributed by atoms with van der Waals surface area (Å²) in [4.78, 5) is 29.4. The summed E-state index contributed by atoms with van der Waals surface area (Å²) < 4.78 is 0. The summed E-state index contributed by atoms with van der Waals surface area (Å²) in [6.45, 7) is 4.49. The second kappa shape index (κ2) is 10.8. The molecule has 7 N–H and O–H groups in total. The van der Waals surface area contributed by atoms with E-state index in [4.69, 9.17) is 28.2 Å². The molecule has 0 unspecified atom stereocenters. The molecule has 0 aliphatic carbocycles. The molecule has 9 nitrogen and oxygen atoms in total. The highest BCUT2D eigenvalue weighted by molar-refractivity contribution is 6.30. The topological polar surface area (TPSA) is 156 Å². The van der Waals surface area contributed by atoms with Crippen LogP contribution in [-0.2, 0) is 0 Å². The fourth-order valence-electron chi connectivity index (χ4n) is 1.78. The molecular formula is C17H23ClN6O3. The Morgan fingerprint density at radius 2 is 2.00 bits per heavy atom. The maximum atomic E-state index is 11.4. The Balaban J connectivity index is 0.000000337. The number of anilines is 3. The van der Waals surface area contributed by atoms with E-state index in [9.17, 15) is 9.59 Å². The van der Waals surface area contributed by atoms with Crippen molar-refractivity contribution >= 4 is 41.1 Å². The first-order valence-electron chi connectivity index (χ1n) is 8.16. The Bertz CT molecular complexity index is 800. The highest BCUT2D eigenvalue weighted by Gasteiger charge is 2.11. The highest BCUT2D eigenvalue weighted by Crippen LogP contribution is 2.15. The van der Waals surface area contributed by atoms with Crippen LogP contribution in [0.25, 0.3) is 0 Å². The molecule has 1 aromatic carbocycles. The van der Waals surface area contributed by atoms with Crippen LogP contribution in [0.2, 0.25) is 5.02 Å². The number of aromatic nitrogens is 2. The number of carbonyl (C=O) groups excluding carboxylic acids is 1. The average Bonchev–Trinajstić information content (AvgIpc) is 2.59. The van der Waals surface area contributed by atoms with Crippen LogP contribution >= 0.6 is 11.6 Å². The molecule has 1 aromatic heterocycles. The SMILES string of the molecule is CCCCNC(=O)Nc1ncc(C(=O)O)c(N)n1.Cc1cc(Cl)ccc1N. The van der Waals surface area contributed by atoms with Crippen molar-refractivity contribution in [3.8, 4) is 0 Å². The first-order valence-corrected chi connectivity index (χ1v) is 8.54. The van der Waals surface area contributed by atoms with Gasteiger partial charge in [0.2, 0.25) is 5.95 Å². The molecule has 2 aromatic rings. The summed E-state index contributed by atoms with van der Waals surface area (Å²) in [5.41, 5.74) is 12.6. The molecule has 2 rings (SSSR count). The van der Waals surface area contributed by atoms with E-state index >= 15 is 0 Å². The minimum Gasteiger partial charge on any atom is -0.477 e. The number of aryl methyl sites for hydroxylation is 1. The lowest BCUT2D eigenvalue weighted by Gasteiger charge is -2.06. The van der Waals surface area contributed by atoms with Crippen LogP contribution in [-0.4, -0.2) is 33.6 Å². The molecule has 0 saturated carbocycles. The lowest BCUT2D eigenvalue weighted by molar-refractivity contribution is 0.0697. The fourth-order valence-corrected chi connectivity index (χ4v) is 2.01. The van der Waals surface area contributed by atoms with Gasteiger partial charge in [0.1, 0.15) is 11.4 Å². The van der Waals surface area contributed by atoms with Crippen molar-refractivity contribution in [1.29, 1.82) is 0 Å².